The van der Waals surface area contributed by atoms with Crippen molar-refractivity contribution in [2.45, 2.75) is 37.1 Å². The van der Waals surface area contributed by atoms with Crippen molar-refractivity contribution >= 4 is 22.4 Å². The zero-order valence-corrected chi connectivity index (χ0v) is 19.0. The van der Waals surface area contributed by atoms with Gasteiger partial charge in [0.1, 0.15) is 5.39 Å². The Labute approximate surface area is 203 Å². The summed E-state index contributed by atoms with van der Waals surface area (Å²) in [6.07, 6.45) is 3.05. The molecule has 0 amide bonds. The van der Waals surface area contributed by atoms with Crippen LogP contribution in [-0.2, 0) is 5.60 Å². The molecule has 5 rings (SSSR count). The van der Waals surface area contributed by atoms with Gasteiger partial charge in [0.05, 0.1) is 29.7 Å². The van der Waals surface area contributed by atoms with Crippen LogP contribution in [0.15, 0.2) is 65.2 Å². The van der Waals surface area contributed by atoms with E-state index < -0.39 is 11.8 Å². The lowest BCUT2D eigenvalue weighted by Crippen LogP contribution is -2.48. The first-order valence-electron chi connectivity index (χ1n) is 11.5. The number of nitriles is 1. The van der Waals surface area contributed by atoms with Crippen LogP contribution >= 0.6 is 0 Å². The molecule has 3 heterocycles. The highest BCUT2D eigenvalue weighted by Crippen LogP contribution is 2.45. The highest BCUT2D eigenvalue weighted by molar-refractivity contribution is 5.91. The molecule has 0 bridgehead atoms. The van der Waals surface area contributed by atoms with Crippen molar-refractivity contribution in [1.82, 2.24) is 20.1 Å². The standard InChI is InChI=1S/C25H23F3N6O2/c26-25(27,28)24(36,20-3-1-2-13-30-20)16-6-8-17(9-7-16)32-22-21-19(11-14-31-23(21)35)34(33-22)18(10-12-29)15-4-5-15/h1-3,6-9,11,14-15,18,30,36H,4-5,10,13H2,(H,31,35)(H,32,33). The van der Waals surface area contributed by atoms with E-state index in [2.05, 4.69) is 26.8 Å². The number of H-pyrrole nitrogens is 1. The predicted molar refractivity (Wildman–Crippen MR) is 127 cm³/mol. The van der Waals surface area contributed by atoms with Gasteiger partial charge in [-0.05, 0) is 48.6 Å². The minimum absolute atomic E-state index is 0.168. The van der Waals surface area contributed by atoms with Crippen molar-refractivity contribution in [2.75, 3.05) is 11.9 Å². The van der Waals surface area contributed by atoms with E-state index in [4.69, 9.17) is 0 Å². The Morgan fingerprint density at radius 3 is 2.61 bits per heavy atom. The number of halogens is 3. The molecule has 1 aliphatic heterocycles. The molecule has 1 saturated carbocycles. The third kappa shape index (κ3) is 4.03. The number of fused-ring (bicyclic) bond motifs is 1. The molecule has 4 N–H and O–H groups in total. The maximum Gasteiger partial charge on any atom is 0.427 e. The van der Waals surface area contributed by atoms with Gasteiger partial charge in [-0.15, -0.1) is 0 Å². The molecule has 0 spiro atoms. The SMILES string of the molecule is N#CCC(C1CC1)n1nc(Nc2ccc(C(O)(C3=CC=CCN3)C(F)(F)F)cc2)c2c(=O)[nH]ccc21. The molecule has 1 aliphatic carbocycles. The Hall–Kier alpha value is -4.04. The van der Waals surface area contributed by atoms with Gasteiger partial charge in [-0.25, -0.2) is 0 Å². The Balaban J connectivity index is 1.51. The second-order valence-corrected chi connectivity index (χ2v) is 8.93. The van der Waals surface area contributed by atoms with Gasteiger partial charge in [-0.1, -0.05) is 24.3 Å². The molecule has 1 aromatic carbocycles. The summed E-state index contributed by atoms with van der Waals surface area (Å²) in [5.41, 5.74) is -3.36. The number of aromatic amines is 1. The van der Waals surface area contributed by atoms with Crippen LogP contribution in [0, 0.1) is 17.2 Å². The second kappa shape index (κ2) is 8.87. The van der Waals surface area contributed by atoms with Gasteiger partial charge in [-0.2, -0.15) is 23.5 Å². The largest absolute Gasteiger partial charge is 0.427 e. The molecule has 2 atom stereocenters. The lowest BCUT2D eigenvalue weighted by molar-refractivity contribution is -0.251. The zero-order chi connectivity index (χ0) is 25.5. The molecule has 2 unspecified atom stereocenters. The number of dihydropyridines is 1. The maximum atomic E-state index is 14.0. The number of hydrogen-bond donors (Lipinski definition) is 4. The molecular weight excluding hydrogens is 473 g/mol. The summed E-state index contributed by atoms with van der Waals surface area (Å²) in [7, 11) is 0. The molecule has 3 aromatic rings. The van der Waals surface area contributed by atoms with Crippen LogP contribution in [0.1, 0.15) is 30.9 Å². The smallest absolute Gasteiger partial charge is 0.382 e. The van der Waals surface area contributed by atoms with Crippen LogP contribution in [0.25, 0.3) is 10.9 Å². The fourth-order valence-electron chi connectivity index (χ4n) is 4.58. The number of pyridine rings is 1. The number of alkyl halides is 3. The summed E-state index contributed by atoms with van der Waals surface area (Å²) >= 11 is 0. The van der Waals surface area contributed by atoms with E-state index in [-0.39, 0.29) is 41.6 Å². The average molecular weight is 496 g/mol. The van der Waals surface area contributed by atoms with Crippen LogP contribution in [0.2, 0.25) is 0 Å². The lowest BCUT2D eigenvalue weighted by Gasteiger charge is -2.34. The van der Waals surface area contributed by atoms with Crippen LogP contribution in [0.5, 0.6) is 0 Å². The number of nitrogens with one attached hydrogen (secondary N) is 3. The summed E-state index contributed by atoms with van der Waals surface area (Å²) in [6.45, 7) is 0.168. The number of allylic oxidation sites excluding steroid dienone is 2. The zero-order valence-electron chi connectivity index (χ0n) is 19.0. The van der Waals surface area contributed by atoms with Gasteiger partial charge in [0.2, 0.25) is 5.60 Å². The summed E-state index contributed by atoms with van der Waals surface area (Å²) < 4.78 is 43.7. The van der Waals surface area contributed by atoms with Crippen LogP contribution < -0.4 is 16.2 Å². The molecule has 11 heteroatoms. The monoisotopic (exact) mass is 496 g/mol. The normalized spacial score (nSPS) is 18.1. The number of benzene rings is 1. The fourth-order valence-corrected chi connectivity index (χ4v) is 4.58. The first-order valence-corrected chi connectivity index (χ1v) is 11.5. The van der Waals surface area contributed by atoms with E-state index >= 15 is 0 Å². The number of nitrogens with zero attached hydrogens (tertiary/aromatic N) is 3. The predicted octanol–water partition coefficient (Wildman–Crippen LogP) is 4.13. The first kappa shape index (κ1) is 23.7. The Morgan fingerprint density at radius 1 is 1.25 bits per heavy atom. The van der Waals surface area contributed by atoms with E-state index in [0.717, 1.165) is 12.8 Å². The third-order valence-corrected chi connectivity index (χ3v) is 6.59. The minimum atomic E-state index is -4.97. The second-order valence-electron chi connectivity index (χ2n) is 8.93. The van der Waals surface area contributed by atoms with Crippen molar-refractivity contribution in [3.05, 3.63) is 76.4 Å². The van der Waals surface area contributed by atoms with Gasteiger partial charge in [0.15, 0.2) is 5.82 Å². The van der Waals surface area contributed by atoms with E-state index in [9.17, 15) is 28.3 Å². The topological polar surface area (TPSA) is 119 Å². The van der Waals surface area contributed by atoms with E-state index in [1.807, 2.05) is 0 Å². The van der Waals surface area contributed by atoms with Crippen LogP contribution in [0.3, 0.4) is 0 Å². The van der Waals surface area contributed by atoms with Crippen molar-refractivity contribution < 1.29 is 18.3 Å². The van der Waals surface area contributed by atoms with E-state index in [1.165, 1.54) is 42.6 Å². The number of rotatable bonds is 7. The molecule has 2 aliphatic rings. The number of anilines is 2. The molecular formula is C25H23F3N6O2. The van der Waals surface area contributed by atoms with Gasteiger partial charge in [-0.3, -0.25) is 9.48 Å². The van der Waals surface area contributed by atoms with Crippen molar-refractivity contribution in [2.24, 2.45) is 5.92 Å². The molecule has 0 saturated heterocycles. The summed E-state index contributed by atoms with van der Waals surface area (Å²) in [4.78, 5) is 15.3. The van der Waals surface area contributed by atoms with Crippen molar-refractivity contribution in [3.8, 4) is 6.07 Å². The third-order valence-electron chi connectivity index (χ3n) is 6.59. The quantitative estimate of drug-likeness (QED) is 0.391. The van der Waals surface area contributed by atoms with Gasteiger partial charge in [0, 0.05) is 18.4 Å². The summed E-state index contributed by atoms with van der Waals surface area (Å²) in [6, 6.07) is 8.87. The number of aromatic nitrogens is 3. The molecule has 186 valence electrons. The molecule has 8 nitrogen and oxygen atoms in total. The van der Waals surface area contributed by atoms with Crippen molar-refractivity contribution in [1.29, 1.82) is 5.26 Å². The van der Waals surface area contributed by atoms with Gasteiger partial charge >= 0.3 is 6.18 Å². The summed E-state index contributed by atoms with van der Waals surface area (Å²) in [5.74, 6) is 0.535. The Kier molecular flexibility index (Phi) is 5.84. The Morgan fingerprint density at radius 2 is 2.00 bits per heavy atom. The fraction of sp³-hybridized carbons (Fsp3) is 0.320. The van der Waals surface area contributed by atoms with Crippen LogP contribution in [-0.4, -0.2) is 32.6 Å². The molecule has 1 fully saturated rings. The highest BCUT2D eigenvalue weighted by Gasteiger charge is 2.57. The van der Waals surface area contributed by atoms with Gasteiger partial charge in [0.25, 0.3) is 5.56 Å². The molecule has 36 heavy (non-hydrogen) atoms. The summed E-state index contributed by atoms with van der Waals surface area (Å²) in [5, 5.41) is 30.6. The van der Waals surface area contributed by atoms with E-state index in [0.29, 0.717) is 22.5 Å². The Bertz CT molecular complexity index is 1440. The number of hydrogen-bond acceptors (Lipinski definition) is 6. The number of aliphatic hydroxyl groups is 1. The maximum absolute atomic E-state index is 14.0. The first-order chi connectivity index (χ1) is 17.2. The van der Waals surface area contributed by atoms with Crippen LogP contribution in [0.4, 0.5) is 24.7 Å². The van der Waals surface area contributed by atoms with Crippen molar-refractivity contribution in [3.63, 3.8) is 0 Å². The molecule has 0 radical (unpaired) electrons. The van der Waals surface area contributed by atoms with E-state index in [1.54, 1.807) is 16.8 Å². The van der Waals surface area contributed by atoms with Gasteiger partial charge < -0.3 is 20.7 Å². The highest BCUT2D eigenvalue weighted by atomic mass is 19.4. The average Bonchev–Trinajstić information content (AvgIpc) is 3.64. The lowest BCUT2D eigenvalue weighted by atomic mass is 9.88. The molecule has 2 aromatic heterocycles. The minimum Gasteiger partial charge on any atom is -0.382 e.